The number of nitrogens with one attached hydrogen (secondary N) is 1. The average molecular weight is 399 g/mol. The predicted octanol–water partition coefficient (Wildman–Crippen LogP) is 4.74. The molecule has 6 heteroatoms. The van der Waals surface area contributed by atoms with Crippen molar-refractivity contribution in [2.24, 2.45) is 0 Å². The van der Waals surface area contributed by atoms with E-state index >= 15 is 0 Å². The van der Waals surface area contributed by atoms with E-state index in [0.29, 0.717) is 30.6 Å². The van der Waals surface area contributed by atoms with Crippen LogP contribution in [-0.2, 0) is 15.9 Å². The van der Waals surface area contributed by atoms with Gasteiger partial charge in [-0.3, -0.25) is 0 Å². The van der Waals surface area contributed by atoms with Crippen molar-refractivity contribution in [1.29, 1.82) is 5.41 Å². The molecule has 2 heterocycles. The Morgan fingerprint density at radius 3 is 2.66 bits per heavy atom. The Morgan fingerprint density at radius 2 is 1.90 bits per heavy atom. The van der Waals surface area contributed by atoms with Crippen LogP contribution in [0.5, 0.6) is 11.5 Å². The third kappa shape index (κ3) is 5.26. The monoisotopic (exact) mass is 399 g/mol. The fraction of sp³-hybridized carbons (Fsp3) is 0.478. The van der Waals surface area contributed by atoms with Gasteiger partial charge in [-0.25, -0.2) is 4.79 Å². The standard InChI is InChI=1S/C23H29NO5/c1-15-9-5-3-2-4-6-10-16(24)13-17-21(20-11-7-8-12-28-20)18(25)14-19(26)22(17)23(27)29-15/h3,5-6,10,14-15,20,24-26H,2,4,7-9,11-13H2,1H3/b5-3+,10-6+,24-16?/t15-,20?/m1/s1. The maximum absolute atomic E-state index is 12.9. The molecule has 0 amide bonds. The number of benzene rings is 1. The molecule has 0 aliphatic carbocycles. The second-order valence-corrected chi connectivity index (χ2v) is 7.64. The summed E-state index contributed by atoms with van der Waals surface area (Å²) in [6.07, 6.45) is 11.9. The number of esters is 1. The van der Waals surface area contributed by atoms with E-state index in [1.54, 1.807) is 13.0 Å². The van der Waals surface area contributed by atoms with Crippen molar-refractivity contribution in [1.82, 2.24) is 0 Å². The molecule has 3 N–H and O–H groups in total. The third-order valence-electron chi connectivity index (χ3n) is 5.27. The zero-order chi connectivity index (χ0) is 20.8. The number of allylic oxidation sites excluding steroid dienone is 3. The van der Waals surface area contributed by atoms with Gasteiger partial charge >= 0.3 is 5.97 Å². The second-order valence-electron chi connectivity index (χ2n) is 7.64. The van der Waals surface area contributed by atoms with Gasteiger partial charge in [-0.15, -0.1) is 0 Å². The lowest BCUT2D eigenvalue weighted by Gasteiger charge is -2.27. The Hall–Kier alpha value is -2.60. The molecule has 0 spiro atoms. The molecule has 1 aromatic rings. The van der Waals surface area contributed by atoms with Crippen LogP contribution in [0, 0.1) is 5.41 Å². The number of phenolic OH excluding ortho intramolecular Hbond substituents is 2. The number of carbonyl (C=O) groups excluding carboxylic acids is 1. The van der Waals surface area contributed by atoms with Crippen LogP contribution in [0.3, 0.4) is 0 Å². The number of cyclic esters (lactones) is 1. The van der Waals surface area contributed by atoms with E-state index < -0.39 is 5.97 Å². The van der Waals surface area contributed by atoms with Crippen molar-refractivity contribution >= 4 is 11.7 Å². The summed E-state index contributed by atoms with van der Waals surface area (Å²) in [5.41, 5.74) is 1.19. The number of phenols is 2. The van der Waals surface area contributed by atoms with Crippen LogP contribution in [0.25, 0.3) is 0 Å². The summed E-state index contributed by atoms with van der Waals surface area (Å²) < 4.78 is 11.4. The molecular weight excluding hydrogens is 370 g/mol. The Labute approximate surface area is 171 Å². The molecule has 156 valence electrons. The van der Waals surface area contributed by atoms with Crippen molar-refractivity contribution in [3.8, 4) is 11.5 Å². The molecule has 3 rings (SSSR count). The van der Waals surface area contributed by atoms with E-state index in [-0.39, 0.29) is 41.4 Å². The summed E-state index contributed by atoms with van der Waals surface area (Å²) in [4.78, 5) is 12.9. The van der Waals surface area contributed by atoms with E-state index in [9.17, 15) is 15.0 Å². The highest BCUT2D eigenvalue weighted by molar-refractivity contribution is 6.00. The van der Waals surface area contributed by atoms with Gasteiger partial charge in [-0.05, 0) is 50.7 Å². The number of fused-ring (bicyclic) bond motifs is 1. The number of rotatable bonds is 1. The van der Waals surface area contributed by atoms with Crippen LogP contribution in [-0.4, -0.2) is 34.6 Å². The number of ether oxygens (including phenoxy) is 2. The van der Waals surface area contributed by atoms with Crippen molar-refractivity contribution in [3.63, 3.8) is 0 Å². The Morgan fingerprint density at radius 1 is 1.10 bits per heavy atom. The number of hydrogen-bond donors (Lipinski definition) is 3. The molecule has 29 heavy (non-hydrogen) atoms. The first-order valence-electron chi connectivity index (χ1n) is 10.3. The Bertz CT molecular complexity index is 821. The summed E-state index contributed by atoms with van der Waals surface area (Å²) in [7, 11) is 0. The predicted molar refractivity (Wildman–Crippen MR) is 111 cm³/mol. The molecule has 2 aliphatic heterocycles. The minimum atomic E-state index is -0.649. The van der Waals surface area contributed by atoms with E-state index in [1.165, 1.54) is 6.07 Å². The van der Waals surface area contributed by atoms with E-state index in [0.717, 1.165) is 25.7 Å². The molecule has 6 nitrogen and oxygen atoms in total. The zero-order valence-corrected chi connectivity index (χ0v) is 16.8. The van der Waals surface area contributed by atoms with Gasteiger partial charge in [0, 0.05) is 36.8 Å². The molecule has 1 saturated heterocycles. The van der Waals surface area contributed by atoms with Gasteiger partial charge in [0.15, 0.2) is 0 Å². The molecule has 2 aliphatic rings. The highest BCUT2D eigenvalue weighted by Gasteiger charge is 2.30. The van der Waals surface area contributed by atoms with Gasteiger partial charge in [0.2, 0.25) is 0 Å². The first kappa shape index (κ1) is 21.1. The smallest absolute Gasteiger partial charge is 0.342 e. The molecule has 0 aromatic heterocycles. The SMILES string of the molecule is C[C@@H]1C/C=C/CC/C=C/C(=N)Cc2c(c(O)cc(O)c2C2CCCCO2)C(=O)O1. The largest absolute Gasteiger partial charge is 0.507 e. The van der Waals surface area contributed by atoms with Gasteiger partial charge in [0.05, 0.1) is 6.10 Å². The van der Waals surface area contributed by atoms with Crippen LogP contribution in [0.4, 0.5) is 0 Å². The van der Waals surface area contributed by atoms with Crippen LogP contribution in [0.2, 0.25) is 0 Å². The second kappa shape index (κ2) is 9.74. The summed E-state index contributed by atoms with van der Waals surface area (Å²) in [5, 5.41) is 29.5. The molecular formula is C23H29NO5. The number of hydrogen-bond acceptors (Lipinski definition) is 6. The maximum atomic E-state index is 12.9. The van der Waals surface area contributed by atoms with Crippen LogP contribution in [0.15, 0.2) is 30.4 Å². The Balaban J connectivity index is 2.09. The summed E-state index contributed by atoms with van der Waals surface area (Å²) in [6.45, 7) is 2.38. The number of carbonyl (C=O) groups is 1. The topological polar surface area (TPSA) is 99.8 Å². The van der Waals surface area contributed by atoms with E-state index in [4.69, 9.17) is 14.9 Å². The summed E-state index contributed by atoms with van der Waals surface area (Å²) in [5.74, 6) is -1.10. The minimum absolute atomic E-state index is 0.0120. The lowest BCUT2D eigenvalue weighted by Crippen LogP contribution is -2.20. The van der Waals surface area contributed by atoms with Gasteiger partial charge < -0.3 is 25.1 Å². The van der Waals surface area contributed by atoms with Crippen LogP contribution < -0.4 is 0 Å². The number of aromatic hydroxyl groups is 2. The highest BCUT2D eigenvalue weighted by Crippen LogP contribution is 2.41. The summed E-state index contributed by atoms with van der Waals surface area (Å²) in [6, 6.07) is 1.18. The average Bonchev–Trinajstić information content (AvgIpc) is 2.67. The van der Waals surface area contributed by atoms with Crippen molar-refractivity contribution in [2.75, 3.05) is 6.61 Å². The van der Waals surface area contributed by atoms with Crippen molar-refractivity contribution < 1.29 is 24.5 Å². The van der Waals surface area contributed by atoms with Gasteiger partial charge in [-0.2, -0.15) is 0 Å². The lowest BCUT2D eigenvalue weighted by atomic mass is 9.88. The van der Waals surface area contributed by atoms with Crippen molar-refractivity contribution in [2.45, 2.75) is 64.1 Å². The van der Waals surface area contributed by atoms with Gasteiger partial charge in [0.25, 0.3) is 0 Å². The third-order valence-corrected chi connectivity index (χ3v) is 5.27. The van der Waals surface area contributed by atoms with Gasteiger partial charge in [0.1, 0.15) is 23.2 Å². The molecule has 1 unspecified atom stereocenters. The fourth-order valence-corrected chi connectivity index (χ4v) is 3.83. The molecule has 0 radical (unpaired) electrons. The first-order valence-corrected chi connectivity index (χ1v) is 10.3. The Kier molecular flexibility index (Phi) is 7.09. The normalized spacial score (nSPS) is 26.1. The van der Waals surface area contributed by atoms with E-state index in [2.05, 4.69) is 0 Å². The fourth-order valence-electron chi connectivity index (χ4n) is 3.83. The zero-order valence-electron chi connectivity index (χ0n) is 16.8. The van der Waals surface area contributed by atoms with E-state index in [1.807, 2.05) is 18.2 Å². The first-order chi connectivity index (χ1) is 14.0. The molecule has 0 bridgehead atoms. The summed E-state index contributed by atoms with van der Waals surface area (Å²) >= 11 is 0. The molecule has 0 saturated carbocycles. The quantitative estimate of drug-likeness (QED) is 0.468. The lowest BCUT2D eigenvalue weighted by molar-refractivity contribution is 0.0129. The van der Waals surface area contributed by atoms with Gasteiger partial charge in [-0.1, -0.05) is 18.2 Å². The van der Waals surface area contributed by atoms with Crippen LogP contribution in [0.1, 0.15) is 73.0 Å². The van der Waals surface area contributed by atoms with Crippen molar-refractivity contribution in [3.05, 3.63) is 47.1 Å². The highest BCUT2D eigenvalue weighted by atomic mass is 16.5. The maximum Gasteiger partial charge on any atom is 0.342 e. The molecule has 2 atom stereocenters. The molecule has 1 aromatic carbocycles. The van der Waals surface area contributed by atoms with Crippen LogP contribution >= 0.6 is 0 Å². The minimum Gasteiger partial charge on any atom is -0.507 e. The molecule has 1 fully saturated rings.